The summed E-state index contributed by atoms with van der Waals surface area (Å²) >= 11 is 0. The van der Waals surface area contributed by atoms with Crippen LogP contribution in [0.1, 0.15) is 32.1 Å². The quantitative estimate of drug-likeness (QED) is 0.696. The Labute approximate surface area is 103 Å². The lowest BCUT2D eigenvalue weighted by Gasteiger charge is -2.22. The second kappa shape index (κ2) is 6.97. The summed E-state index contributed by atoms with van der Waals surface area (Å²) in [6.07, 6.45) is 6.19. The minimum atomic E-state index is 0.0365. The van der Waals surface area contributed by atoms with Crippen molar-refractivity contribution in [1.29, 1.82) is 0 Å². The largest absolute Gasteiger partial charge is 0.371 e. The Bertz CT molecular complexity index is 236. The van der Waals surface area contributed by atoms with Crippen LogP contribution in [-0.2, 0) is 9.53 Å². The van der Waals surface area contributed by atoms with Gasteiger partial charge in [-0.05, 0) is 57.0 Å². The highest BCUT2D eigenvalue weighted by atomic mass is 16.5. The zero-order valence-corrected chi connectivity index (χ0v) is 10.5. The first-order valence-electron chi connectivity index (χ1n) is 6.90. The van der Waals surface area contributed by atoms with Gasteiger partial charge in [-0.3, -0.25) is 4.79 Å². The Morgan fingerprint density at radius 3 is 2.88 bits per heavy atom. The summed E-state index contributed by atoms with van der Waals surface area (Å²) in [5.74, 6) is 1.50. The standard InChI is InChI=1S/C13H24N2O2/c16-13(10-17-9-12-3-4-12)15-7-5-11-2-1-6-14-8-11/h11-12,14H,1-10H2,(H,15,16). The summed E-state index contributed by atoms with van der Waals surface area (Å²) in [4.78, 5) is 11.4. The minimum absolute atomic E-state index is 0.0365. The van der Waals surface area contributed by atoms with Gasteiger partial charge in [0.2, 0.25) is 5.91 Å². The number of amides is 1. The van der Waals surface area contributed by atoms with Gasteiger partial charge in [-0.2, -0.15) is 0 Å². The fourth-order valence-corrected chi connectivity index (χ4v) is 2.24. The van der Waals surface area contributed by atoms with Crippen molar-refractivity contribution in [2.75, 3.05) is 32.8 Å². The molecular weight excluding hydrogens is 216 g/mol. The second-order valence-corrected chi connectivity index (χ2v) is 5.31. The number of piperidine rings is 1. The van der Waals surface area contributed by atoms with Crippen molar-refractivity contribution in [2.24, 2.45) is 11.8 Å². The van der Waals surface area contributed by atoms with Crippen LogP contribution in [0.3, 0.4) is 0 Å². The van der Waals surface area contributed by atoms with Crippen molar-refractivity contribution in [1.82, 2.24) is 10.6 Å². The van der Waals surface area contributed by atoms with Crippen LogP contribution in [0, 0.1) is 11.8 Å². The van der Waals surface area contributed by atoms with E-state index in [2.05, 4.69) is 10.6 Å². The van der Waals surface area contributed by atoms with E-state index in [1.54, 1.807) is 0 Å². The molecule has 2 aliphatic rings. The molecule has 1 heterocycles. The molecule has 0 aromatic carbocycles. The Kier molecular flexibility index (Phi) is 5.26. The molecule has 0 aromatic heterocycles. The first kappa shape index (κ1) is 12.8. The fourth-order valence-electron chi connectivity index (χ4n) is 2.24. The van der Waals surface area contributed by atoms with Gasteiger partial charge in [-0.15, -0.1) is 0 Å². The maximum absolute atomic E-state index is 11.4. The van der Waals surface area contributed by atoms with E-state index in [-0.39, 0.29) is 12.5 Å². The van der Waals surface area contributed by atoms with E-state index in [1.807, 2.05) is 0 Å². The first-order valence-corrected chi connectivity index (χ1v) is 6.90. The lowest BCUT2D eigenvalue weighted by molar-refractivity contribution is -0.125. The number of carbonyl (C=O) groups excluding carboxylic acids is 1. The van der Waals surface area contributed by atoms with Crippen molar-refractivity contribution < 1.29 is 9.53 Å². The summed E-state index contributed by atoms with van der Waals surface area (Å²) in [6.45, 7) is 4.04. The van der Waals surface area contributed by atoms with Gasteiger partial charge in [0.05, 0.1) is 6.61 Å². The Morgan fingerprint density at radius 1 is 1.29 bits per heavy atom. The van der Waals surface area contributed by atoms with Crippen LogP contribution < -0.4 is 10.6 Å². The van der Waals surface area contributed by atoms with Crippen LogP contribution in [0.15, 0.2) is 0 Å². The lowest BCUT2D eigenvalue weighted by Crippen LogP contribution is -2.34. The smallest absolute Gasteiger partial charge is 0.245 e. The van der Waals surface area contributed by atoms with Gasteiger partial charge in [0.15, 0.2) is 0 Å². The molecule has 2 fully saturated rings. The topological polar surface area (TPSA) is 50.4 Å². The molecule has 0 spiro atoms. The van der Waals surface area contributed by atoms with Gasteiger partial charge in [0.1, 0.15) is 6.61 Å². The number of hydrogen-bond acceptors (Lipinski definition) is 3. The van der Waals surface area contributed by atoms with E-state index in [9.17, 15) is 4.79 Å². The minimum Gasteiger partial charge on any atom is -0.371 e. The van der Waals surface area contributed by atoms with Crippen LogP contribution >= 0.6 is 0 Å². The average Bonchev–Trinajstić information content (AvgIpc) is 3.14. The number of hydrogen-bond donors (Lipinski definition) is 2. The van der Waals surface area contributed by atoms with Gasteiger partial charge in [0.25, 0.3) is 0 Å². The highest BCUT2D eigenvalue weighted by Gasteiger charge is 2.21. The highest BCUT2D eigenvalue weighted by molar-refractivity contribution is 5.77. The first-order chi connectivity index (χ1) is 8.34. The maximum atomic E-state index is 11.4. The third kappa shape index (κ3) is 5.50. The van der Waals surface area contributed by atoms with Crippen molar-refractivity contribution >= 4 is 5.91 Å². The average molecular weight is 240 g/mol. The van der Waals surface area contributed by atoms with Gasteiger partial charge in [0, 0.05) is 6.54 Å². The third-order valence-electron chi connectivity index (χ3n) is 3.56. The van der Waals surface area contributed by atoms with E-state index >= 15 is 0 Å². The molecule has 1 amide bonds. The van der Waals surface area contributed by atoms with Crippen LogP contribution in [0.4, 0.5) is 0 Å². The molecule has 1 unspecified atom stereocenters. The molecule has 1 atom stereocenters. The molecule has 4 nitrogen and oxygen atoms in total. The lowest BCUT2D eigenvalue weighted by atomic mass is 9.96. The number of rotatable bonds is 7. The van der Waals surface area contributed by atoms with Gasteiger partial charge in [-0.1, -0.05) is 0 Å². The second-order valence-electron chi connectivity index (χ2n) is 5.31. The molecule has 1 aliphatic carbocycles. The fraction of sp³-hybridized carbons (Fsp3) is 0.923. The highest BCUT2D eigenvalue weighted by Crippen LogP contribution is 2.28. The van der Waals surface area contributed by atoms with Crippen LogP contribution in [0.2, 0.25) is 0 Å². The SMILES string of the molecule is O=C(COCC1CC1)NCCC1CCCNC1. The van der Waals surface area contributed by atoms with Gasteiger partial charge < -0.3 is 15.4 Å². The molecule has 0 aromatic rings. The maximum Gasteiger partial charge on any atom is 0.245 e. The predicted octanol–water partition coefficient (Wildman–Crippen LogP) is 0.919. The molecule has 98 valence electrons. The third-order valence-corrected chi connectivity index (χ3v) is 3.56. The van der Waals surface area contributed by atoms with Crippen LogP contribution in [-0.4, -0.2) is 38.8 Å². The Morgan fingerprint density at radius 2 is 2.18 bits per heavy atom. The molecule has 1 aliphatic heterocycles. The van der Waals surface area contributed by atoms with E-state index in [1.165, 1.54) is 25.7 Å². The van der Waals surface area contributed by atoms with Crippen molar-refractivity contribution in [2.45, 2.75) is 32.1 Å². The van der Waals surface area contributed by atoms with E-state index in [0.717, 1.165) is 44.5 Å². The number of carbonyl (C=O) groups is 1. The van der Waals surface area contributed by atoms with Crippen LogP contribution in [0.25, 0.3) is 0 Å². The Hall–Kier alpha value is -0.610. The molecule has 4 heteroatoms. The molecule has 0 radical (unpaired) electrons. The zero-order chi connectivity index (χ0) is 11.9. The summed E-state index contributed by atoms with van der Waals surface area (Å²) in [5, 5.41) is 6.32. The molecule has 0 bridgehead atoms. The van der Waals surface area contributed by atoms with Crippen molar-refractivity contribution in [3.8, 4) is 0 Å². The normalized spacial score (nSPS) is 24.6. The van der Waals surface area contributed by atoms with E-state index < -0.39 is 0 Å². The monoisotopic (exact) mass is 240 g/mol. The van der Waals surface area contributed by atoms with Gasteiger partial charge in [-0.25, -0.2) is 0 Å². The molecule has 17 heavy (non-hydrogen) atoms. The van der Waals surface area contributed by atoms with Crippen molar-refractivity contribution in [3.05, 3.63) is 0 Å². The molecular formula is C13H24N2O2. The molecule has 2 N–H and O–H groups in total. The zero-order valence-electron chi connectivity index (χ0n) is 10.5. The van der Waals surface area contributed by atoms with Crippen molar-refractivity contribution in [3.63, 3.8) is 0 Å². The summed E-state index contributed by atoms with van der Waals surface area (Å²) < 4.78 is 5.34. The molecule has 1 saturated carbocycles. The predicted molar refractivity (Wildman–Crippen MR) is 66.8 cm³/mol. The molecule has 2 rings (SSSR count). The van der Waals surface area contributed by atoms with Gasteiger partial charge >= 0.3 is 0 Å². The summed E-state index contributed by atoms with van der Waals surface area (Å²) in [7, 11) is 0. The number of nitrogens with one attached hydrogen (secondary N) is 2. The van der Waals surface area contributed by atoms with E-state index in [4.69, 9.17) is 4.74 Å². The summed E-state index contributed by atoms with van der Waals surface area (Å²) in [5.41, 5.74) is 0. The molecule has 1 saturated heterocycles. The number of ether oxygens (including phenoxy) is 1. The van der Waals surface area contributed by atoms with E-state index in [0.29, 0.717) is 0 Å². The summed E-state index contributed by atoms with van der Waals surface area (Å²) in [6, 6.07) is 0. The van der Waals surface area contributed by atoms with Crippen LogP contribution in [0.5, 0.6) is 0 Å². The Balaban J connectivity index is 1.44.